The van der Waals surface area contributed by atoms with E-state index in [4.69, 9.17) is 0 Å². The molecule has 1 aromatic carbocycles. The molecule has 92 valence electrons. The molecular formula is C16H23N. The van der Waals surface area contributed by atoms with Gasteiger partial charge in [0.05, 0.1) is 0 Å². The van der Waals surface area contributed by atoms with Crippen LogP contribution in [0.3, 0.4) is 0 Å². The van der Waals surface area contributed by atoms with Gasteiger partial charge in [-0.05, 0) is 42.7 Å². The lowest BCUT2D eigenvalue weighted by Crippen LogP contribution is -2.46. The lowest BCUT2D eigenvalue weighted by atomic mass is 9.69. The molecule has 0 saturated heterocycles. The molecule has 0 unspecified atom stereocenters. The Balaban J connectivity index is 2.06. The monoisotopic (exact) mass is 229 g/mol. The molecule has 1 aromatic rings. The van der Waals surface area contributed by atoms with Crippen LogP contribution in [-0.2, 0) is 0 Å². The van der Waals surface area contributed by atoms with E-state index in [1.165, 1.54) is 37.8 Å². The van der Waals surface area contributed by atoms with Crippen LogP contribution in [-0.4, -0.2) is 13.1 Å². The van der Waals surface area contributed by atoms with Crippen molar-refractivity contribution in [1.82, 2.24) is 0 Å². The maximum atomic E-state index is 2.56. The van der Waals surface area contributed by atoms with E-state index in [9.17, 15) is 0 Å². The van der Waals surface area contributed by atoms with Crippen molar-refractivity contribution < 1.29 is 0 Å². The summed E-state index contributed by atoms with van der Waals surface area (Å²) < 4.78 is 0. The SMILES string of the molecule is CC[C@@H]1c2ccccc2N(C)[C@@H]2CCCC[C@H]12. The maximum Gasteiger partial charge on any atom is 0.0401 e. The van der Waals surface area contributed by atoms with Gasteiger partial charge in [-0.3, -0.25) is 0 Å². The third-order valence-corrected chi connectivity index (χ3v) is 4.95. The largest absolute Gasteiger partial charge is 0.371 e. The zero-order valence-electron chi connectivity index (χ0n) is 11.0. The van der Waals surface area contributed by atoms with Gasteiger partial charge in [-0.1, -0.05) is 38.0 Å². The van der Waals surface area contributed by atoms with Crippen molar-refractivity contribution in [2.75, 3.05) is 11.9 Å². The quantitative estimate of drug-likeness (QED) is 0.698. The molecule has 1 saturated carbocycles. The highest BCUT2D eigenvalue weighted by Crippen LogP contribution is 2.48. The van der Waals surface area contributed by atoms with Crippen LogP contribution < -0.4 is 4.90 Å². The molecule has 1 fully saturated rings. The van der Waals surface area contributed by atoms with Crippen molar-refractivity contribution in [1.29, 1.82) is 0 Å². The number of nitrogens with zero attached hydrogens (tertiary/aromatic N) is 1. The van der Waals surface area contributed by atoms with Crippen LogP contribution >= 0.6 is 0 Å². The van der Waals surface area contributed by atoms with Crippen molar-refractivity contribution in [3.63, 3.8) is 0 Å². The van der Waals surface area contributed by atoms with E-state index >= 15 is 0 Å². The average Bonchev–Trinajstić information content (AvgIpc) is 2.40. The van der Waals surface area contributed by atoms with Gasteiger partial charge in [0, 0.05) is 18.8 Å². The van der Waals surface area contributed by atoms with Gasteiger partial charge in [0.1, 0.15) is 0 Å². The van der Waals surface area contributed by atoms with Crippen LogP contribution in [0, 0.1) is 5.92 Å². The minimum atomic E-state index is 0.795. The lowest BCUT2D eigenvalue weighted by Gasteiger charge is -2.48. The Kier molecular flexibility index (Phi) is 2.85. The van der Waals surface area contributed by atoms with E-state index in [0.717, 1.165) is 17.9 Å². The van der Waals surface area contributed by atoms with Crippen LogP contribution in [0.15, 0.2) is 24.3 Å². The van der Waals surface area contributed by atoms with Gasteiger partial charge in [-0.15, -0.1) is 0 Å². The van der Waals surface area contributed by atoms with E-state index in [-0.39, 0.29) is 0 Å². The number of para-hydroxylation sites is 1. The van der Waals surface area contributed by atoms with Crippen molar-refractivity contribution in [3.8, 4) is 0 Å². The summed E-state index contributed by atoms with van der Waals surface area (Å²) >= 11 is 0. The maximum absolute atomic E-state index is 2.56. The molecule has 1 heterocycles. The van der Waals surface area contributed by atoms with Crippen LogP contribution in [0.1, 0.15) is 50.5 Å². The molecule has 17 heavy (non-hydrogen) atoms. The van der Waals surface area contributed by atoms with Gasteiger partial charge in [-0.25, -0.2) is 0 Å². The predicted molar refractivity (Wildman–Crippen MR) is 73.6 cm³/mol. The summed E-state index contributed by atoms with van der Waals surface area (Å²) in [5, 5.41) is 0. The fourth-order valence-corrected chi connectivity index (χ4v) is 4.14. The first-order chi connectivity index (χ1) is 8.33. The molecule has 0 aromatic heterocycles. The number of fused-ring (bicyclic) bond motifs is 2. The average molecular weight is 229 g/mol. The van der Waals surface area contributed by atoms with Crippen molar-refractivity contribution >= 4 is 5.69 Å². The molecule has 1 heteroatoms. The van der Waals surface area contributed by atoms with Crippen molar-refractivity contribution in [3.05, 3.63) is 29.8 Å². The summed E-state index contributed by atoms with van der Waals surface area (Å²) in [5.74, 6) is 1.70. The second-order valence-corrected chi connectivity index (χ2v) is 5.70. The molecule has 0 bridgehead atoms. The summed E-state index contributed by atoms with van der Waals surface area (Å²) in [6, 6.07) is 9.85. The topological polar surface area (TPSA) is 3.24 Å². The molecule has 1 aliphatic carbocycles. The van der Waals surface area contributed by atoms with E-state index in [1.54, 1.807) is 5.56 Å². The molecule has 0 N–H and O–H groups in total. The van der Waals surface area contributed by atoms with Crippen LogP contribution in [0.2, 0.25) is 0 Å². The Morgan fingerprint density at radius 2 is 1.94 bits per heavy atom. The molecule has 3 rings (SSSR count). The third kappa shape index (κ3) is 1.67. The summed E-state index contributed by atoms with van der Waals surface area (Å²) in [6.45, 7) is 2.36. The first-order valence-corrected chi connectivity index (χ1v) is 7.14. The summed E-state index contributed by atoms with van der Waals surface area (Å²) in [5.41, 5.74) is 3.09. The van der Waals surface area contributed by atoms with Gasteiger partial charge in [0.15, 0.2) is 0 Å². The van der Waals surface area contributed by atoms with Gasteiger partial charge < -0.3 is 4.90 Å². The molecule has 1 aliphatic heterocycles. The zero-order valence-corrected chi connectivity index (χ0v) is 11.0. The highest BCUT2D eigenvalue weighted by atomic mass is 15.2. The number of hydrogen-bond acceptors (Lipinski definition) is 1. The first kappa shape index (κ1) is 11.1. The predicted octanol–water partition coefficient (Wildman–Crippen LogP) is 4.19. The normalized spacial score (nSPS) is 31.9. The number of hydrogen-bond donors (Lipinski definition) is 0. The Bertz CT molecular complexity index is 398. The van der Waals surface area contributed by atoms with Gasteiger partial charge in [0.2, 0.25) is 0 Å². The Morgan fingerprint density at radius 1 is 1.18 bits per heavy atom. The van der Waals surface area contributed by atoms with Crippen molar-refractivity contribution in [2.45, 2.75) is 51.0 Å². The molecule has 0 amide bonds. The highest BCUT2D eigenvalue weighted by Gasteiger charge is 2.39. The number of anilines is 1. The van der Waals surface area contributed by atoms with Crippen molar-refractivity contribution in [2.24, 2.45) is 5.92 Å². The molecule has 2 aliphatic rings. The second kappa shape index (κ2) is 4.36. The summed E-state index contributed by atoms with van der Waals surface area (Å²) in [4.78, 5) is 2.56. The molecule has 0 spiro atoms. The molecule has 0 radical (unpaired) electrons. The fraction of sp³-hybridized carbons (Fsp3) is 0.625. The Morgan fingerprint density at radius 3 is 2.76 bits per heavy atom. The van der Waals surface area contributed by atoms with Gasteiger partial charge >= 0.3 is 0 Å². The highest BCUT2D eigenvalue weighted by molar-refractivity contribution is 5.58. The molecule has 1 nitrogen and oxygen atoms in total. The fourth-order valence-electron chi connectivity index (χ4n) is 4.14. The van der Waals surface area contributed by atoms with Crippen LogP contribution in [0.5, 0.6) is 0 Å². The summed E-state index contributed by atoms with van der Waals surface area (Å²) in [7, 11) is 2.30. The van der Waals surface area contributed by atoms with E-state index in [2.05, 4.69) is 43.1 Å². The zero-order chi connectivity index (χ0) is 11.8. The standard InChI is InChI=1S/C16H23N/c1-3-12-13-8-4-6-10-15(13)17(2)16-11-7-5-9-14(12)16/h4,6,8,10,12,14,16H,3,5,7,9,11H2,1-2H3/t12-,14-,16-/m1/s1. The molecular weight excluding hydrogens is 206 g/mol. The summed E-state index contributed by atoms with van der Waals surface area (Å²) in [6.07, 6.45) is 6.98. The van der Waals surface area contributed by atoms with E-state index in [1.807, 2.05) is 0 Å². The third-order valence-electron chi connectivity index (χ3n) is 4.95. The molecule has 3 atom stereocenters. The Labute approximate surface area is 105 Å². The van der Waals surface area contributed by atoms with Crippen LogP contribution in [0.4, 0.5) is 5.69 Å². The minimum absolute atomic E-state index is 0.795. The minimum Gasteiger partial charge on any atom is -0.371 e. The van der Waals surface area contributed by atoms with Gasteiger partial charge in [0.25, 0.3) is 0 Å². The van der Waals surface area contributed by atoms with Crippen LogP contribution in [0.25, 0.3) is 0 Å². The lowest BCUT2D eigenvalue weighted by molar-refractivity contribution is 0.240. The number of benzene rings is 1. The first-order valence-electron chi connectivity index (χ1n) is 7.14. The van der Waals surface area contributed by atoms with E-state index < -0.39 is 0 Å². The van der Waals surface area contributed by atoms with E-state index in [0.29, 0.717) is 0 Å². The second-order valence-electron chi connectivity index (χ2n) is 5.70. The number of rotatable bonds is 1. The smallest absolute Gasteiger partial charge is 0.0401 e. The Hall–Kier alpha value is -0.980. The van der Waals surface area contributed by atoms with Gasteiger partial charge in [-0.2, -0.15) is 0 Å².